The third kappa shape index (κ3) is 3.48. The first-order valence-electron chi connectivity index (χ1n) is 8.04. The summed E-state index contributed by atoms with van der Waals surface area (Å²) < 4.78 is 27.8. The smallest absolute Gasteiger partial charge is 0.320 e. The molecule has 0 saturated heterocycles. The van der Waals surface area contributed by atoms with E-state index in [1.165, 1.54) is 37.1 Å². The quantitative estimate of drug-likeness (QED) is 0.501. The van der Waals surface area contributed by atoms with Gasteiger partial charge in [0, 0.05) is 24.2 Å². The van der Waals surface area contributed by atoms with Crippen LogP contribution in [0.2, 0.25) is 0 Å². The number of fused-ring (bicyclic) bond motifs is 1. The zero-order valence-corrected chi connectivity index (χ0v) is 14.6. The van der Waals surface area contributed by atoms with Gasteiger partial charge in [-0.2, -0.15) is 8.78 Å². The van der Waals surface area contributed by atoms with E-state index in [2.05, 4.69) is 4.98 Å². The molecule has 1 heterocycles. The maximum Gasteiger partial charge on any atom is 0.320 e. The Morgan fingerprint density at radius 2 is 2.00 bits per heavy atom. The topological polar surface area (TPSA) is 81.3 Å². The number of carbonyl (C=O) groups excluding carboxylic acids is 1. The first-order chi connectivity index (χ1) is 12.8. The number of rotatable bonds is 5. The van der Waals surface area contributed by atoms with Crippen LogP contribution in [0.5, 0.6) is 0 Å². The van der Waals surface area contributed by atoms with E-state index < -0.39 is 17.4 Å². The number of aryl methyl sites for hydroxylation is 1. The molecule has 0 bridgehead atoms. The minimum absolute atomic E-state index is 0.0562. The molecule has 0 N–H and O–H groups in total. The molecule has 3 rings (SSSR count). The molecule has 0 aliphatic carbocycles. The maximum atomic E-state index is 13.5. The summed E-state index contributed by atoms with van der Waals surface area (Å²) in [5.74, 6) is -0.387. The molecule has 0 fully saturated rings. The van der Waals surface area contributed by atoms with Gasteiger partial charge in [-0.25, -0.2) is 4.98 Å². The maximum absolute atomic E-state index is 13.5. The lowest BCUT2D eigenvalue weighted by molar-refractivity contribution is -0.385. The molecule has 1 aromatic heterocycles. The third-order valence-electron chi connectivity index (χ3n) is 4.23. The van der Waals surface area contributed by atoms with E-state index in [-0.39, 0.29) is 29.1 Å². The summed E-state index contributed by atoms with van der Waals surface area (Å²) in [4.78, 5) is 28.4. The number of benzene rings is 2. The second kappa shape index (κ2) is 7.10. The number of nitro benzene ring substituents is 1. The Bertz CT molecular complexity index is 1030. The molecule has 9 heteroatoms. The second-order valence-corrected chi connectivity index (χ2v) is 6.08. The van der Waals surface area contributed by atoms with Crippen molar-refractivity contribution in [3.63, 3.8) is 0 Å². The van der Waals surface area contributed by atoms with Crippen molar-refractivity contribution in [3.05, 3.63) is 69.5 Å². The second-order valence-electron chi connectivity index (χ2n) is 6.08. The summed E-state index contributed by atoms with van der Waals surface area (Å²) in [6.45, 7) is -1.39. The lowest BCUT2D eigenvalue weighted by Crippen LogP contribution is -2.28. The summed E-state index contributed by atoms with van der Waals surface area (Å²) >= 11 is 0. The van der Waals surface area contributed by atoms with E-state index in [0.29, 0.717) is 11.1 Å². The fourth-order valence-corrected chi connectivity index (χ4v) is 2.92. The average Bonchev–Trinajstić information content (AvgIpc) is 2.98. The molecule has 3 aromatic rings. The molecule has 0 radical (unpaired) electrons. The van der Waals surface area contributed by atoms with Crippen molar-refractivity contribution < 1.29 is 18.5 Å². The molecule has 1 amide bonds. The third-order valence-corrected chi connectivity index (χ3v) is 4.23. The Kier molecular flexibility index (Phi) is 4.85. The van der Waals surface area contributed by atoms with E-state index in [1.54, 1.807) is 24.3 Å². The minimum atomic E-state index is -2.79. The molecule has 0 aliphatic heterocycles. The highest BCUT2D eigenvalue weighted by atomic mass is 19.3. The Labute approximate surface area is 153 Å². The molecule has 0 unspecified atom stereocenters. The highest BCUT2D eigenvalue weighted by Crippen LogP contribution is 2.24. The highest BCUT2D eigenvalue weighted by Gasteiger charge is 2.22. The highest BCUT2D eigenvalue weighted by molar-refractivity contribution is 5.94. The molecule has 0 spiro atoms. The van der Waals surface area contributed by atoms with Gasteiger partial charge in [-0.05, 0) is 31.2 Å². The van der Waals surface area contributed by atoms with Crippen LogP contribution in [-0.2, 0) is 6.54 Å². The van der Waals surface area contributed by atoms with Crippen LogP contribution in [0.15, 0.2) is 42.5 Å². The predicted octanol–water partition coefficient (Wildman–Crippen LogP) is 3.92. The fourth-order valence-electron chi connectivity index (χ4n) is 2.92. The molecule has 0 atom stereocenters. The molecule has 2 aromatic carbocycles. The number of alkyl halides is 2. The first-order valence-corrected chi connectivity index (χ1v) is 8.04. The largest absolute Gasteiger partial charge is 0.334 e. The van der Waals surface area contributed by atoms with Gasteiger partial charge in [0.05, 0.1) is 22.5 Å². The van der Waals surface area contributed by atoms with Crippen LogP contribution in [0, 0.1) is 17.0 Å². The number of hydrogen-bond acceptors (Lipinski definition) is 4. The fraction of sp³-hybridized carbons (Fsp3) is 0.222. The van der Waals surface area contributed by atoms with Gasteiger partial charge in [0.1, 0.15) is 5.82 Å². The standard InChI is InChI=1S/C18H16F2N4O3/c1-11-9-12(7-8-14(11)24(26)27)17(25)22(2)10-16-21-13-5-3-4-6-15(13)23(16)18(19)20/h3-9,18H,10H2,1-2H3. The molecule has 0 aliphatic rings. The van der Waals surface area contributed by atoms with Crippen molar-refractivity contribution in [1.29, 1.82) is 0 Å². The molecule has 140 valence electrons. The molecule has 0 saturated carbocycles. The summed E-state index contributed by atoms with van der Waals surface area (Å²) in [5, 5.41) is 10.9. The van der Waals surface area contributed by atoms with Crippen molar-refractivity contribution in [2.75, 3.05) is 7.05 Å². The van der Waals surface area contributed by atoms with Crippen molar-refractivity contribution in [3.8, 4) is 0 Å². The van der Waals surface area contributed by atoms with E-state index in [0.717, 1.165) is 4.57 Å². The number of amides is 1. The number of hydrogen-bond donors (Lipinski definition) is 0. The van der Waals surface area contributed by atoms with E-state index >= 15 is 0 Å². The number of carbonyl (C=O) groups is 1. The van der Waals surface area contributed by atoms with Gasteiger partial charge in [-0.3, -0.25) is 19.5 Å². The van der Waals surface area contributed by atoms with E-state index in [4.69, 9.17) is 0 Å². The minimum Gasteiger partial charge on any atom is -0.334 e. The molecular weight excluding hydrogens is 358 g/mol. The summed E-state index contributed by atoms with van der Waals surface area (Å²) in [6, 6.07) is 10.5. The van der Waals surface area contributed by atoms with Gasteiger partial charge in [-0.15, -0.1) is 0 Å². The van der Waals surface area contributed by atoms with Crippen molar-refractivity contribution in [2.24, 2.45) is 0 Å². The summed E-state index contributed by atoms with van der Waals surface area (Å²) in [6.07, 6.45) is 0. The Morgan fingerprint density at radius 1 is 1.30 bits per heavy atom. The first kappa shape index (κ1) is 18.4. The zero-order chi connectivity index (χ0) is 19.7. The van der Waals surface area contributed by atoms with Gasteiger partial charge in [0.25, 0.3) is 11.6 Å². The van der Waals surface area contributed by atoms with Gasteiger partial charge in [-0.1, -0.05) is 12.1 Å². The number of nitrogens with zero attached hydrogens (tertiary/aromatic N) is 4. The van der Waals surface area contributed by atoms with Gasteiger partial charge in [0.15, 0.2) is 0 Å². The summed E-state index contributed by atoms with van der Waals surface area (Å²) in [5.41, 5.74) is 1.20. The van der Waals surface area contributed by atoms with Crippen LogP contribution < -0.4 is 0 Å². The van der Waals surface area contributed by atoms with Crippen LogP contribution in [0.25, 0.3) is 11.0 Å². The van der Waals surface area contributed by atoms with Crippen molar-refractivity contribution in [2.45, 2.75) is 20.0 Å². The zero-order valence-electron chi connectivity index (χ0n) is 14.6. The van der Waals surface area contributed by atoms with E-state index in [9.17, 15) is 23.7 Å². The van der Waals surface area contributed by atoms with Gasteiger partial charge >= 0.3 is 6.55 Å². The Hall–Kier alpha value is -3.36. The van der Waals surface area contributed by atoms with Crippen LogP contribution in [-0.4, -0.2) is 32.3 Å². The number of halogens is 2. The van der Waals surface area contributed by atoms with Gasteiger partial charge < -0.3 is 4.90 Å². The lowest BCUT2D eigenvalue weighted by atomic mass is 10.1. The van der Waals surface area contributed by atoms with Gasteiger partial charge in [0.2, 0.25) is 0 Å². The lowest BCUT2D eigenvalue weighted by Gasteiger charge is -2.18. The Balaban J connectivity index is 1.89. The number of nitro groups is 1. The monoisotopic (exact) mass is 374 g/mol. The average molecular weight is 374 g/mol. The van der Waals surface area contributed by atoms with Crippen LogP contribution in [0.1, 0.15) is 28.3 Å². The summed E-state index contributed by atoms with van der Waals surface area (Å²) in [7, 11) is 1.47. The Morgan fingerprint density at radius 3 is 2.63 bits per heavy atom. The van der Waals surface area contributed by atoms with Crippen LogP contribution >= 0.6 is 0 Å². The number of para-hydroxylation sites is 2. The van der Waals surface area contributed by atoms with Crippen LogP contribution in [0.3, 0.4) is 0 Å². The van der Waals surface area contributed by atoms with E-state index in [1.807, 2.05) is 0 Å². The normalized spacial score (nSPS) is 11.1. The number of aromatic nitrogens is 2. The van der Waals surface area contributed by atoms with Crippen LogP contribution in [0.4, 0.5) is 14.5 Å². The predicted molar refractivity (Wildman–Crippen MR) is 94.6 cm³/mol. The molecule has 7 nitrogen and oxygen atoms in total. The number of imidazole rings is 1. The van der Waals surface area contributed by atoms with Crippen molar-refractivity contribution >= 4 is 22.6 Å². The van der Waals surface area contributed by atoms with Crippen molar-refractivity contribution in [1.82, 2.24) is 14.5 Å². The molecule has 27 heavy (non-hydrogen) atoms. The SMILES string of the molecule is Cc1cc(C(=O)N(C)Cc2nc3ccccc3n2C(F)F)ccc1[N+](=O)[O-]. The molecular formula is C18H16F2N4O3.